The van der Waals surface area contributed by atoms with Gasteiger partial charge in [-0.1, -0.05) is 6.07 Å². The van der Waals surface area contributed by atoms with E-state index in [1.165, 1.54) is 24.3 Å². The first kappa shape index (κ1) is 15.9. The minimum absolute atomic E-state index is 0.109. The summed E-state index contributed by atoms with van der Waals surface area (Å²) in [4.78, 5) is 57.6. The van der Waals surface area contributed by atoms with E-state index in [0.717, 1.165) is 10.6 Å². The maximum atomic E-state index is 12.3. The van der Waals surface area contributed by atoms with Gasteiger partial charge >= 0.3 is 11.9 Å². The maximum absolute atomic E-state index is 12.3. The second kappa shape index (κ2) is 5.60. The number of amides is 3. The smallest absolute Gasteiger partial charge is 0.394 e. The third-order valence-corrected chi connectivity index (χ3v) is 3.51. The van der Waals surface area contributed by atoms with Gasteiger partial charge in [0.2, 0.25) is 0 Å². The van der Waals surface area contributed by atoms with Gasteiger partial charge in [-0.05, 0) is 18.2 Å². The normalized spacial score (nSPS) is 12.5. The number of anilines is 2. The predicted octanol–water partition coefficient (Wildman–Crippen LogP) is -0.674. The van der Waals surface area contributed by atoms with Crippen molar-refractivity contribution in [2.24, 2.45) is 0 Å². The second-order valence-corrected chi connectivity index (χ2v) is 5.08. The number of imide groups is 1. The minimum atomic E-state index is -1.67. The summed E-state index contributed by atoms with van der Waals surface area (Å²) in [7, 11) is 0. The molecule has 0 atom stereocenters. The van der Waals surface area contributed by atoms with Crippen molar-refractivity contribution in [1.82, 2.24) is 9.88 Å². The molecule has 1 aromatic heterocycles. The highest BCUT2D eigenvalue weighted by atomic mass is 16.4. The molecule has 126 valence electrons. The molecular formula is C15H10N4O6. The highest BCUT2D eigenvalue weighted by molar-refractivity contribution is 6.36. The number of aliphatic carboxylic acids is 1. The van der Waals surface area contributed by atoms with Crippen LogP contribution < -0.4 is 21.9 Å². The molecule has 25 heavy (non-hydrogen) atoms. The molecular weight excluding hydrogens is 332 g/mol. The Balaban J connectivity index is 2.12. The lowest BCUT2D eigenvalue weighted by molar-refractivity contribution is -0.147. The molecule has 1 aliphatic heterocycles. The van der Waals surface area contributed by atoms with Crippen molar-refractivity contribution in [2.75, 3.05) is 11.1 Å². The van der Waals surface area contributed by atoms with Gasteiger partial charge in [0.05, 0.1) is 16.8 Å². The number of hydrogen-bond acceptors (Lipinski definition) is 6. The molecule has 0 radical (unpaired) electrons. The molecule has 0 spiro atoms. The topological polar surface area (TPSA) is 161 Å². The number of carbonyl (C=O) groups is 4. The zero-order valence-corrected chi connectivity index (χ0v) is 12.4. The Morgan fingerprint density at radius 3 is 2.52 bits per heavy atom. The van der Waals surface area contributed by atoms with Gasteiger partial charge in [-0.2, -0.15) is 0 Å². The Kier molecular flexibility index (Phi) is 3.57. The molecule has 3 amide bonds. The molecule has 0 saturated heterocycles. The van der Waals surface area contributed by atoms with Crippen molar-refractivity contribution in [3.05, 3.63) is 51.8 Å². The van der Waals surface area contributed by atoms with E-state index in [1.807, 2.05) is 5.32 Å². The van der Waals surface area contributed by atoms with Crippen LogP contribution in [0, 0.1) is 0 Å². The van der Waals surface area contributed by atoms with Crippen molar-refractivity contribution >= 4 is 35.2 Å². The van der Waals surface area contributed by atoms with Gasteiger partial charge in [-0.3, -0.25) is 29.1 Å². The van der Waals surface area contributed by atoms with Crippen molar-refractivity contribution in [3.8, 4) is 5.69 Å². The molecule has 0 fully saturated rings. The van der Waals surface area contributed by atoms with E-state index in [4.69, 9.17) is 10.8 Å². The predicted molar refractivity (Wildman–Crippen MR) is 84.5 cm³/mol. The molecule has 1 aromatic carbocycles. The molecule has 10 heteroatoms. The van der Waals surface area contributed by atoms with Crippen molar-refractivity contribution in [1.29, 1.82) is 0 Å². The summed E-state index contributed by atoms with van der Waals surface area (Å²) in [6, 6.07) is 6.62. The summed E-state index contributed by atoms with van der Waals surface area (Å²) < 4.78 is 0.980. The van der Waals surface area contributed by atoms with Crippen LogP contribution in [0.15, 0.2) is 35.1 Å². The van der Waals surface area contributed by atoms with E-state index in [9.17, 15) is 24.0 Å². The van der Waals surface area contributed by atoms with E-state index < -0.39 is 29.3 Å². The third kappa shape index (κ3) is 2.61. The average molecular weight is 342 g/mol. The SMILES string of the molecule is Nc1c2c(cc(=O)n1-c1cccc(NC(=O)C(=O)O)c1)C(=O)NC2=O. The van der Waals surface area contributed by atoms with Crippen LogP contribution in [0.5, 0.6) is 0 Å². The van der Waals surface area contributed by atoms with Crippen molar-refractivity contribution in [2.45, 2.75) is 0 Å². The fraction of sp³-hybridized carbons (Fsp3) is 0. The first-order valence-corrected chi connectivity index (χ1v) is 6.85. The number of aromatic nitrogens is 1. The Bertz CT molecular complexity index is 1020. The minimum Gasteiger partial charge on any atom is -0.474 e. The summed E-state index contributed by atoms with van der Waals surface area (Å²) in [6.07, 6.45) is 0. The summed E-state index contributed by atoms with van der Waals surface area (Å²) >= 11 is 0. The van der Waals surface area contributed by atoms with E-state index in [-0.39, 0.29) is 28.3 Å². The number of benzene rings is 1. The number of nitrogens with zero attached hydrogens (tertiary/aromatic N) is 1. The van der Waals surface area contributed by atoms with Gasteiger partial charge in [-0.25, -0.2) is 4.79 Å². The maximum Gasteiger partial charge on any atom is 0.394 e. The van der Waals surface area contributed by atoms with Crippen LogP contribution in [0.3, 0.4) is 0 Å². The second-order valence-electron chi connectivity index (χ2n) is 5.08. The largest absolute Gasteiger partial charge is 0.474 e. The quantitative estimate of drug-likeness (QED) is 0.415. The Hall–Kier alpha value is -3.95. The van der Waals surface area contributed by atoms with Crippen LogP contribution in [0.4, 0.5) is 11.5 Å². The number of carboxylic acids is 1. The van der Waals surface area contributed by atoms with Crippen LogP contribution in [0.2, 0.25) is 0 Å². The van der Waals surface area contributed by atoms with Crippen molar-refractivity contribution < 1.29 is 24.3 Å². The lowest BCUT2D eigenvalue weighted by Crippen LogP contribution is -2.25. The third-order valence-electron chi connectivity index (χ3n) is 3.51. The van der Waals surface area contributed by atoms with Gasteiger partial charge in [0.15, 0.2) is 0 Å². The first-order chi connectivity index (χ1) is 11.8. The lowest BCUT2D eigenvalue weighted by atomic mass is 10.1. The molecule has 5 N–H and O–H groups in total. The number of rotatable bonds is 2. The summed E-state index contributed by atoms with van der Waals surface area (Å²) in [6.45, 7) is 0. The van der Waals surface area contributed by atoms with Gasteiger partial charge in [0.1, 0.15) is 5.82 Å². The molecule has 0 saturated carbocycles. The lowest BCUT2D eigenvalue weighted by Gasteiger charge is -2.13. The van der Waals surface area contributed by atoms with Crippen LogP contribution in [0.1, 0.15) is 20.7 Å². The molecule has 2 aromatic rings. The number of nitrogens with two attached hydrogens (primary N) is 1. The number of nitrogens with one attached hydrogen (secondary N) is 2. The summed E-state index contributed by atoms with van der Waals surface area (Å²) in [5.74, 6) is -4.60. The Labute approximate surface area is 138 Å². The van der Waals surface area contributed by atoms with E-state index >= 15 is 0 Å². The molecule has 2 heterocycles. The van der Waals surface area contributed by atoms with Gasteiger partial charge < -0.3 is 16.2 Å². The number of pyridine rings is 1. The summed E-state index contributed by atoms with van der Waals surface area (Å²) in [5.41, 5.74) is 5.28. The molecule has 0 unspecified atom stereocenters. The number of nitrogen functional groups attached to an aromatic ring is 1. The van der Waals surface area contributed by atoms with Gasteiger partial charge in [-0.15, -0.1) is 0 Å². The number of carboxylic acid groups (broad SMARTS) is 1. The highest BCUT2D eigenvalue weighted by Gasteiger charge is 2.31. The first-order valence-electron chi connectivity index (χ1n) is 6.85. The molecule has 1 aliphatic rings. The van der Waals surface area contributed by atoms with Gasteiger partial charge in [0.25, 0.3) is 17.4 Å². The standard InChI is InChI=1S/C15H10N4O6/c16-11-10-8(12(21)18-13(10)22)5-9(20)19(11)7-3-1-2-6(4-7)17-14(23)15(24)25/h1-5H,16H2,(H,17,23)(H,24,25)(H,18,21,22). The number of carbonyl (C=O) groups excluding carboxylic acids is 3. The fourth-order valence-electron chi connectivity index (χ4n) is 2.45. The monoisotopic (exact) mass is 342 g/mol. The molecule has 3 rings (SSSR count). The van der Waals surface area contributed by atoms with E-state index in [2.05, 4.69) is 5.32 Å². The van der Waals surface area contributed by atoms with Crippen LogP contribution in [-0.2, 0) is 9.59 Å². The van der Waals surface area contributed by atoms with Crippen LogP contribution in [-0.4, -0.2) is 33.4 Å². The zero-order valence-electron chi connectivity index (χ0n) is 12.4. The van der Waals surface area contributed by atoms with E-state index in [0.29, 0.717) is 0 Å². The zero-order chi connectivity index (χ0) is 18.3. The van der Waals surface area contributed by atoms with E-state index in [1.54, 1.807) is 0 Å². The van der Waals surface area contributed by atoms with Crippen LogP contribution >= 0.6 is 0 Å². The summed E-state index contributed by atoms with van der Waals surface area (Å²) in [5, 5.41) is 12.8. The average Bonchev–Trinajstić information content (AvgIpc) is 2.82. The Morgan fingerprint density at radius 2 is 1.84 bits per heavy atom. The van der Waals surface area contributed by atoms with Crippen LogP contribution in [0.25, 0.3) is 5.69 Å². The highest BCUT2D eigenvalue weighted by Crippen LogP contribution is 2.23. The molecule has 0 bridgehead atoms. The number of fused-ring (bicyclic) bond motifs is 1. The molecule has 0 aliphatic carbocycles. The van der Waals surface area contributed by atoms with Gasteiger partial charge in [0, 0.05) is 11.8 Å². The number of hydrogen-bond donors (Lipinski definition) is 4. The Morgan fingerprint density at radius 1 is 1.12 bits per heavy atom. The molecule has 10 nitrogen and oxygen atoms in total. The fourth-order valence-corrected chi connectivity index (χ4v) is 2.45. The van der Waals surface area contributed by atoms with Crippen molar-refractivity contribution in [3.63, 3.8) is 0 Å².